The van der Waals surface area contributed by atoms with Gasteiger partial charge in [0.15, 0.2) is 13.2 Å². The number of hydrazone groups is 1. The second-order valence-electron chi connectivity index (χ2n) is 6.42. The first kappa shape index (κ1) is 21.9. The van der Waals surface area contributed by atoms with Crippen LogP contribution in [0, 0.1) is 0 Å². The molecule has 0 aromatic heterocycles. The van der Waals surface area contributed by atoms with E-state index in [4.69, 9.17) is 26.8 Å². The van der Waals surface area contributed by atoms with Gasteiger partial charge in [0.1, 0.15) is 11.5 Å². The topological polar surface area (TPSA) is 103 Å². The fourth-order valence-electron chi connectivity index (χ4n) is 2.60. The number of halogens is 1. The maximum absolute atomic E-state index is 11.9. The number of amides is 2. The zero-order valence-electron chi connectivity index (χ0n) is 16.5. The molecular weight excluding hydrogens is 418 g/mol. The largest absolute Gasteiger partial charge is 0.484 e. The van der Waals surface area contributed by atoms with Crippen LogP contribution in [0.1, 0.15) is 5.56 Å². The molecule has 0 fully saturated rings. The van der Waals surface area contributed by atoms with Crippen molar-refractivity contribution in [2.45, 2.75) is 0 Å². The molecule has 3 aromatic carbocycles. The Hall–Kier alpha value is -3.84. The number of hydrogen-bond donors (Lipinski definition) is 2. The molecule has 0 aliphatic carbocycles. The minimum atomic E-state index is -0.598. The smallest absolute Gasteiger partial charge is 0.277 e. The Labute approximate surface area is 184 Å². The number of hydrogen-bond acceptors (Lipinski definition) is 5. The third-order valence-corrected chi connectivity index (χ3v) is 4.36. The summed E-state index contributed by atoms with van der Waals surface area (Å²) in [6, 6.07) is 22.3. The van der Waals surface area contributed by atoms with Crippen LogP contribution in [-0.4, -0.2) is 31.2 Å². The highest BCUT2D eigenvalue weighted by molar-refractivity contribution is 6.32. The van der Waals surface area contributed by atoms with E-state index in [9.17, 15) is 9.59 Å². The molecule has 8 heteroatoms. The Balaban J connectivity index is 1.46. The summed E-state index contributed by atoms with van der Waals surface area (Å²) in [5.74, 6) is -0.0971. The SMILES string of the molecule is NC(=O)COc1ccc(C=NNC(=O)COc2ccc(-c3ccccc3)cc2)cc1Cl. The Bertz CT molecular complexity index is 1070. The zero-order valence-corrected chi connectivity index (χ0v) is 17.2. The van der Waals surface area contributed by atoms with Crippen LogP contribution in [0.5, 0.6) is 11.5 Å². The summed E-state index contributed by atoms with van der Waals surface area (Å²) in [7, 11) is 0. The van der Waals surface area contributed by atoms with E-state index in [1.807, 2.05) is 54.6 Å². The molecule has 0 radical (unpaired) electrons. The van der Waals surface area contributed by atoms with Crippen molar-refractivity contribution in [3.63, 3.8) is 0 Å². The molecule has 0 atom stereocenters. The summed E-state index contributed by atoms with van der Waals surface area (Å²) in [5, 5.41) is 4.17. The van der Waals surface area contributed by atoms with E-state index >= 15 is 0 Å². The van der Waals surface area contributed by atoms with Crippen molar-refractivity contribution in [1.82, 2.24) is 5.43 Å². The van der Waals surface area contributed by atoms with Gasteiger partial charge in [0.05, 0.1) is 11.2 Å². The van der Waals surface area contributed by atoms with E-state index in [2.05, 4.69) is 10.5 Å². The maximum Gasteiger partial charge on any atom is 0.277 e. The summed E-state index contributed by atoms with van der Waals surface area (Å²) in [6.45, 7) is -0.444. The molecule has 0 bridgehead atoms. The molecule has 2 amide bonds. The minimum Gasteiger partial charge on any atom is -0.484 e. The highest BCUT2D eigenvalue weighted by atomic mass is 35.5. The van der Waals surface area contributed by atoms with Gasteiger partial charge in [-0.2, -0.15) is 5.10 Å². The molecular formula is C23H20ClN3O4. The standard InChI is InChI=1S/C23H20ClN3O4/c24-20-12-16(6-11-21(20)31-14-22(25)28)13-26-27-23(29)15-30-19-9-7-18(8-10-19)17-4-2-1-3-5-17/h1-13H,14-15H2,(H2,25,28)(H,27,29). The summed E-state index contributed by atoms with van der Waals surface area (Å²) in [4.78, 5) is 22.7. The minimum absolute atomic E-state index is 0.178. The van der Waals surface area contributed by atoms with Crippen LogP contribution in [0.2, 0.25) is 5.02 Å². The first-order chi connectivity index (χ1) is 15.0. The zero-order chi connectivity index (χ0) is 22.1. The Morgan fingerprint density at radius 1 is 0.935 bits per heavy atom. The Morgan fingerprint density at radius 3 is 2.32 bits per heavy atom. The third kappa shape index (κ3) is 6.87. The number of rotatable bonds is 9. The molecule has 3 aromatic rings. The van der Waals surface area contributed by atoms with Crippen LogP contribution >= 0.6 is 11.6 Å². The van der Waals surface area contributed by atoms with Crippen LogP contribution in [0.3, 0.4) is 0 Å². The number of primary amides is 1. The Morgan fingerprint density at radius 2 is 1.65 bits per heavy atom. The summed E-state index contributed by atoms with van der Waals surface area (Å²) >= 11 is 6.08. The van der Waals surface area contributed by atoms with Gasteiger partial charge in [-0.1, -0.05) is 54.1 Å². The van der Waals surface area contributed by atoms with E-state index in [1.165, 1.54) is 6.21 Å². The fourth-order valence-corrected chi connectivity index (χ4v) is 2.84. The normalized spacial score (nSPS) is 10.6. The molecule has 0 saturated heterocycles. The predicted octanol–water partition coefficient (Wildman–Crippen LogP) is 3.40. The average Bonchev–Trinajstić information content (AvgIpc) is 2.78. The van der Waals surface area contributed by atoms with E-state index in [0.29, 0.717) is 22.1 Å². The lowest BCUT2D eigenvalue weighted by molar-refractivity contribution is -0.123. The van der Waals surface area contributed by atoms with Crippen molar-refractivity contribution in [2.24, 2.45) is 10.8 Å². The first-order valence-electron chi connectivity index (χ1n) is 9.32. The third-order valence-electron chi connectivity index (χ3n) is 4.06. The summed E-state index contributed by atoms with van der Waals surface area (Å²) < 4.78 is 10.6. The van der Waals surface area contributed by atoms with Crippen molar-refractivity contribution >= 4 is 29.6 Å². The van der Waals surface area contributed by atoms with Crippen molar-refractivity contribution in [1.29, 1.82) is 0 Å². The van der Waals surface area contributed by atoms with Gasteiger partial charge in [0, 0.05) is 0 Å². The molecule has 0 aliphatic heterocycles. The van der Waals surface area contributed by atoms with Gasteiger partial charge in [-0.25, -0.2) is 5.43 Å². The molecule has 31 heavy (non-hydrogen) atoms. The number of nitrogens with one attached hydrogen (secondary N) is 1. The molecule has 0 unspecified atom stereocenters. The number of nitrogens with zero attached hydrogens (tertiary/aromatic N) is 1. The van der Waals surface area contributed by atoms with Crippen molar-refractivity contribution in [3.8, 4) is 22.6 Å². The highest BCUT2D eigenvalue weighted by Crippen LogP contribution is 2.25. The lowest BCUT2D eigenvalue weighted by Crippen LogP contribution is -2.24. The lowest BCUT2D eigenvalue weighted by Gasteiger charge is -2.07. The lowest BCUT2D eigenvalue weighted by atomic mass is 10.1. The number of carbonyl (C=O) groups is 2. The second-order valence-corrected chi connectivity index (χ2v) is 6.82. The van der Waals surface area contributed by atoms with Crippen LogP contribution in [0.25, 0.3) is 11.1 Å². The number of benzene rings is 3. The van der Waals surface area contributed by atoms with Crippen LogP contribution in [-0.2, 0) is 9.59 Å². The quantitative estimate of drug-likeness (QED) is 0.395. The van der Waals surface area contributed by atoms with E-state index in [1.54, 1.807) is 18.2 Å². The molecule has 158 valence electrons. The van der Waals surface area contributed by atoms with Gasteiger partial charge in [0.25, 0.3) is 11.8 Å². The van der Waals surface area contributed by atoms with Crippen molar-refractivity contribution in [3.05, 3.63) is 83.4 Å². The number of ether oxygens (including phenoxy) is 2. The van der Waals surface area contributed by atoms with E-state index in [-0.39, 0.29) is 13.2 Å². The predicted molar refractivity (Wildman–Crippen MR) is 119 cm³/mol. The average molecular weight is 438 g/mol. The Kier molecular flexibility index (Phi) is 7.61. The van der Waals surface area contributed by atoms with Gasteiger partial charge >= 0.3 is 0 Å². The van der Waals surface area contributed by atoms with Crippen molar-refractivity contribution < 1.29 is 19.1 Å². The molecule has 0 heterocycles. The first-order valence-corrected chi connectivity index (χ1v) is 9.70. The van der Waals surface area contributed by atoms with Crippen molar-refractivity contribution in [2.75, 3.05) is 13.2 Å². The summed E-state index contributed by atoms with van der Waals surface area (Å²) in [5.41, 5.74) is 10.2. The summed E-state index contributed by atoms with van der Waals surface area (Å²) in [6.07, 6.45) is 1.43. The van der Waals surface area contributed by atoms with Gasteiger partial charge in [-0.15, -0.1) is 0 Å². The van der Waals surface area contributed by atoms with Gasteiger partial charge in [-0.3, -0.25) is 9.59 Å². The number of carbonyl (C=O) groups excluding carboxylic acids is 2. The molecule has 3 N–H and O–H groups in total. The van der Waals surface area contributed by atoms with Gasteiger partial charge in [0.2, 0.25) is 0 Å². The molecule has 3 rings (SSSR count). The number of nitrogens with two attached hydrogens (primary N) is 1. The monoisotopic (exact) mass is 437 g/mol. The van der Waals surface area contributed by atoms with E-state index < -0.39 is 11.8 Å². The second kappa shape index (κ2) is 10.8. The van der Waals surface area contributed by atoms with Gasteiger partial charge < -0.3 is 15.2 Å². The van der Waals surface area contributed by atoms with Crippen LogP contribution in [0.4, 0.5) is 0 Å². The van der Waals surface area contributed by atoms with Crippen LogP contribution in [0.15, 0.2) is 77.9 Å². The van der Waals surface area contributed by atoms with Gasteiger partial charge in [-0.05, 0) is 47.0 Å². The molecule has 0 saturated carbocycles. The fraction of sp³-hybridized carbons (Fsp3) is 0.0870. The molecule has 0 spiro atoms. The molecule has 7 nitrogen and oxygen atoms in total. The van der Waals surface area contributed by atoms with Crippen LogP contribution < -0.4 is 20.6 Å². The van der Waals surface area contributed by atoms with E-state index in [0.717, 1.165) is 11.1 Å². The molecule has 0 aliphatic rings. The maximum atomic E-state index is 11.9. The highest BCUT2D eigenvalue weighted by Gasteiger charge is 2.05.